The lowest BCUT2D eigenvalue weighted by atomic mass is 9.94. The smallest absolute Gasteiger partial charge is 0.338 e. The standard InChI is InChI=1S/C28H31ClN4O4S/c1-17-24(26(34)37-19-10-5-4-6-11-19)25(21-15-20(35-2)13-14-23(21)36-3)33-27(30-17)31-28(32-33)38-16-18-9-7-8-12-22(18)29/h7-9,12-15,19,25H,4-6,10-11,16H2,1-3H3,(H,30,31,32). The second kappa shape index (κ2) is 11.7. The van der Waals surface area contributed by atoms with Crippen molar-refractivity contribution >= 4 is 35.3 Å². The molecular formula is C28H31ClN4O4S. The van der Waals surface area contributed by atoms with E-state index >= 15 is 0 Å². The van der Waals surface area contributed by atoms with Gasteiger partial charge in [-0.3, -0.25) is 0 Å². The molecule has 1 N–H and O–H groups in total. The Morgan fingerprint density at radius 1 is 1.13 bits per heavy atom. The Bertz CT molecular complexity index is 1350. The first kappa shape index (κ1) is 26.4. The summed E-state index contributed by atoms with van der Waals surface area (Å²) in [6.45, 7) is 1.87. The molecule has 0 spiro atoms. The predicted octanol–water partition coefficient (Wildman–Crippen LogP) is 6.41. The van der Waals surface area contributed by atoms with Crippen LogP contribution in [0.25, 0.3) is 0 Å². The number of carbonyl (C=O) groups excluding carboxylic acids is 1. The third kappa shape index (κ3) is 5.49. The van der Waals surface area contributed by atoms with E-state index in [0.29, 0.717) is 44.6 Å². The van der Waals surface area contributed by atoms with Crippen molar-refractivity contribution in [2.24, 2.45) is 0 Å². The highest BCUT2D eigenvalue weighted by Crippen LogP contribution is 2.42. The molecule has 0 bridgehead atoms. The van der Waals surface area contributed by atoms with E-state index in [2.05, 4.69) is 5.32 Å². The van der Waals surface area contributed by atoms with Crippen molar-refractivity contribution in [3.63, 3.8) is 0 Å². The van der Waals surface area contributed by atoms with Crippen LogP contribution in [0.5, 0.6) is 11.5 Å². The number of benzene rings is 2. The molecule has 2 aliphatic rings. The number of anilines is 1. The van der Waals surface area contributed by atoms with Crippen LogP contribution in [0.2, 0.25) is 5.02 Å². The van der Waals surface area contributed by atoms with E-state index in [0.717, 1.165) is 36.8 Å². The van der Waals surface area contributed by atoms with E-state index in [1.807, 2.05) is 49.4 Å². The van der Waals surface area contributed by atoms with Crippen LogP contribution in [0.15, 0.2) is 58.9 Å². The van der Waals surface area contributed by atoms with E-state index < -0.39 is 6.04 Å². The topological polar surface area (TPSA) is 87.5 Å². The highest BCUT2D eigenvalue weighted by Gasteiger charge is 2.38. The average molecular weight is 555 g/mol. The third-order valence-electron chi connectivity index (χ3n) is 6.93. The molecule has 0 radical (unpaired) electrons. The molecule has 2 aromatic carbocycles. The fourth-order valence-corrected chi connectivity index (χ4v) is 6.07. The summed E-state index contributed by atoms with van der Waals surface area (Å²) in [6.07, 6.45) is 5.01. The van der Waals surface area contributed by atoms with Crippen LogP contribution in [-0.4, -0.2) is 41.1 Å². The van der Waals surface area contributed by atoms with E-state index in [1.165, 1.54) is 18.2 Å². The number of aromatic nitrogens is 3. The molecule has 0 amide bonds. The Kier molecular flexibility index (Phi) is 8.14. The van der Waals surface area contributed by atoms with Crippen molar-refractivity contribution in [3.8, 4) is 11.5 Å². The average Bonchev–Trinajstić information content (AvgIpc) is 3.34. The van der Waals surface area contributed by atoms with Gasteiger partial charge in [0.1, 0.15) is 23.6 Å². The Morgan fingerprint density at radius 2 is 1.92 bits per heavy atom. The van der Waals surface area contributed by atoms with Gasteiger partial charge in [0.15, 0.2) is 0 Å². The molecule has 0 saturated heterocycles. The molecule has 3 aromatic rings. The molecule has 200 valence electrons. The Balaban J connectivity index is 1.53. The van der Waals surface area contributed by atoms with Gasteiger partial charge in [-0.2, -0.15) is 4.98 Å². The van der Waals surface area contributed by atoms with Gasteiger partial charge in [0, 0.05) is 22.0 Å². The number of ether oxygens (including phenoxy) is 3. The summed E-state index contributed by atoms with van der Waals surface area (Å²) in [5, 5.41) is 9.37. The van der Waals surface area contributed by atoms with E-state index in [4.69, 9.17) is 35.9 Å². The largest absolute Gasteiger partial charge is 0.497 e. The lowest BCUT2D eigenvalue weighted by Gasteiger charge is -2.30. The van der Waals surface area contributed by atoms with Gasteiger partial charge in [-0.15, -0.1) is 5.10 Å². The van der Waals surface area contributed by atoms with Gasteiger partial charge in [-0.25, -0.2) is 9.48 Å². The van der Waals surface area contributed by atoms with Gasteiger partial charge in [-0.1, -0.05) is 48.0 Å². The molecule has 1 unspecified atom stereocenters. The summed E-state index contributed by atoms with van der Waals surface area (Å²) in [6, 6.07) is 12.6. The van der Waals surface area contributed by atoms with E-state index in [1.54, 1.807) is 18.9 Å². The number of hydrogen-bond acceptors (Lipinski definition) is 8. The molecule has 10 heteroatoms. The number of esters is 1. The van der Waals surface area contributed by atoms with E-state index in [9.17, 15) is 4.79 Å². The summed E-state index contributed by atoms with van der Waals surface area (Å²) in [7, 11) is 3.22. The van der Waals surface area contributed by atoms with Crippen molar-refractivity contribution < 1.29 is 19.0 Å². The van der Waals surface area contributed by atoms with Gasteiger partial charge in [0.05, 0.1) is 19.8 Å². The van der Waals surface area contributed by atoms with E-state index in [-0.39, 0.29) is 12.1 Å². The fourth-order valence-electron chi connectivity index (χ4n) is 4.95. The highest BCUT2D eigenvalue weighted by molar-refractivity contribution is 7.98. The maximum atomic E-state index is 13.7. The van der Waals surface area contributed by atoms with Crippen molar-refractivity contribution in [2.45, 2.75) is 62.1 Å². The van der Waals surface area contributed by atoms with Crippen LogP contribution < -0.4 is 14.8 Å². The minimum atomic E-state index is -0.616. The lowest BCUT2D eigenvalue weighted by Crippen LogP contribution is -2.32. The first-order valence-electron chi connectivity index (χ1n) is 12.7. The number of nitrogens with zero attached hydrogens (tertiary/aromatic N) is 3. The summed E-state index contributed by atoms with van der Waals surface area (Å²) in [5.41, 5.74) is 2.87. The minimum Gasteiger partial charge on any atom is -0.497 e. The molecule has 38 heavy (non-hydrogen) atoms. The van der Waals surface area contributed by atoms with Gasteiger partial charge < -0.3 is 19.5 Å². The SMILES string of the molecule is COc1ccc(OC)c(C2C(C(=O)OC3CCCCC3)=C(C)Nc3nc(SCc4ccccc4Cl)nn32)c1. The Morgan fingerprint density at radius 3 is 2.66 bits per heavy atom. The molecular weight excluding hydrogens is 524 g/mol. The lowest BCUT2D eigenvalue weighted by molar-refractivity contribution is -0.146. The van der Waals surface area contributed by atoms with Crippen molar-refractivity contribution in [2.75, 3.05) is 19.5 Å². The zero-order valence-corrected chi connectivity index (χ0v) is 23.3. The molecule has 5 rings (SSSR count). The summed E-state index contributed by atoms with van der Waals surface area (Å²) >= 11 is 7.83. The number of rotatable bonds is 8. The monoisotopic (exact) mass is 554 g/mol. The Hall–Kier alpha value is -3.17. The van der Waals surface area contributed by atoms with Crippen molar-refractivity contribution in [1.29, 1.82) is 0 Å². The van der Waals surface area contributed by atoms with Gasteiger partial charge in [0.25, 0.3) is 0 Å². The number of methoxy groups -OCH3 is 2. The molecule has 1 fully saturated rings. The maximum Gasteiger partial charge on any atom is 0.338 e. The van der Waals surface area contributed by atoms with Gasteiger partial charge in [0.2, 0.25) is 11.1 Å². The Labute approximate surface area is 231 Å². The van der Waals surface area contributed by atoms with Gasteiger partial charge >= 0.3 is 5.97 Å². The van der Waals surface area contributed by atoms with Crippen LogP contribution >= 0.6 is 23.4 Å². The number of thioether (sulfide) groups is 1. The van der Waals surface area contributed by atoms with Gasteiger partial charge in [-0.05, 0) is 62.4 Å². The van der Waals surface area contributed by atoms with Crippen molar-refractivity contribution in [1.82, 2.24) is 14.8 Å². The highest BCUT2D eigenvalue weighted by atomic mass is 35.5. The van der Waals surface area contributed by atoms with Crippen molar-refractivity contribution in [3.05, 3.63) is 69.9 Å². The molecule has 1 aliphatic heterocycles. The summed E-state index contributed by atoms with van der Waals surface area (Å²) in [4.78, 5) is 18.4. The zero-order valence-electron chi connectivity index (χ0n) is 21.7. The molecule has 8 nitrogen and oxygen atoms in total. The molecule has 1 aromatic heterocycles. The summed E-state index contributed by atoms with van der Waals surface area (Å²) in [5.74, 6) is 2.04. The molecule has 2 heterocycles. The fraction of sp³-hybridized carbons (Fsp3) is 0.393. The van der Waals surface area contributed by atoms with Crippen LogP contribution in [0.4, 0.5) is 5.95 Å². The molecule has 1 saturated carbocycles. The normalized spacial score (nSPS) is 17.5. The van der Waals surface area contributed by atoms with Crippen LogP contribution in [0.3, 0.4) is 0 Å². The number of carbonyl (C=O) groups is 1. The molecule has 1 atom stereocenters. The summed E-state index contributed by atoms with van der Waals surface area (Å²) < 4.78 is 19.0. The zero-order chi connectivity index (χ0) is 26.6. The van der Waals surface area contributed by atoms with Crippen LogP contribution in [-0.2, 0) is 15.3 Å². The number of nitrogens with one attached hydrogen (secondary N) is 1. The number of allylic oxidation sites excluding steroid dienone is 1. The molecule has 1 aliphatic carbocycles. The predicted molar refractivity (Wildman–Crippen MR) is 148 cm³/mol. The first-order chi connectivity index (χ1) is 18.5. The minimum absolute atomic E-state index is 0.0803. The quantitative estimate of drug-likeness (QED) is 0.252. The van der Waals surface area contributed by atoms with Crippen LogP contribution in [0, 0.1) is 0 Å². The number of hydrogen-bond donors (Lipinski definition) is 1. The van der Waals surface area contributed by atoms with Crippen LogP contribution in [0.1, 0.15) is 56.2 Å². The maximum absolute atomic E-state index is 13.7. The number of fused-ring (bicyclic) bond motifs is 1. The second-order valence-corrected chi connectivity index (χ2v) is 10.7. The number of halogens is 1. The first-order valence-corrected chi connectivity index (χ1v) is 14.1. The second-order valence-electron chi connectivity index (χ2n) is 9.38. The third-order valence-corrected chi connectivity index (χ3v) is 8.18.